The number of amides is 2. The zero-order valence-electron chi connectivity index (χ0n) is 12.0. The van der Waals surface area contributed by atoms with Gasteiger partial charge in [0.05, 0.1) is 19.2 Å². The molecule has 1 atom stereocenters. The van der Waals surface area contributed by atoms with Crippen LogP contribution in [0.25, 0.3) is 0 Å². The van der Waals surface area contributed by atoms with E-state index in [1.54, 1.807) is 11.3 Å². The standard InChI is InChI=1S/C16H20N2O2S/c1-2-12-5-7-13(8-6-12)15(11-19)18-16(20)17-10-14-4-3-9-21-14/h3-9,15,19H,2,10-11H2,1H3,(H2,17,18,20). The van der Waals surface area contributed by atoms with E-state index in [-0.39, 0.29) is 18.7 Å². The lowest BCUT2D eigenvalue weighted by Crippen LogP contribution is -2.38. The molecule has 5 heteroatoms. The summed E-state index contributed by atoms with van der Waals surface area (Å²) < 4.78 is 0. The highest BCUT2D eigenvalue weighted by Gasteiger charge is 2.13. The summed E-state index contributed by atoms with van der Waals surface area (Å²) in [5, 5.41) is 17.0. The molecule has 0 aliphatic carbocycles. The number of rotatable bonds is 6. The Balaban J connectivity index is 1.89. The molecule has 3 N–H and O–H groups in total. The molecule has 0 spiro atoms. The molecule has 0 saturated heterocycles. The molecular formula is C16H20N2O2S. The van der Waals surface area contributed by atoms with Crippen LogP contribution in [0.4, 0.5) is 4.79 Å². The molecule has 0 aliphatic rings. The Bertz CT molecular complexity index is 552. The molecule has 112 valence electrons. The summed E-state index contributed by atoms with van der Waals surface area (Å²) in [6.07, 6.45) is 0.971. The maximum atomic E-state index is 11.9. The number of benzene rings is 1. The maximum Gasteiger partial charge on any atom is 0.315 e. The SMILES string of the molecule is CCc1ccc(C(CO)NC(=O)NCc2cccs2)cc1. The van der Waals surface area contributed by atoms with Crippen LogP contribution in [0, 0.1) is 0 Å². The van der Waals surface area contributed by atoms with E-state index in [1.807, 2.05) is 41.8 Å². The van der Waals surface area contributed by atoms with Crippen molar-refractivity contribution in [3.63, 3.8) is 0 Å². The summed E-state index contributed by atoms with van der Waals surface area (Å²) in [6, 6.07) is 11.2. The number of aryl methyl sites for hydroxylation is 1. The van der Waals surface area contributed by atoms with Crippen molar-refractivity contribution in [3.8, 4) is 0 Å². The van der Waals surface area contributed by atoms with E-state index in [9.17, 15) is 9.90 Å². The first-order valence-electron chi connectivity index (χ1n) is 6.99. The third kappa shape index (κ3) is 4.58. The van der Waals surface area contributed by atoms with Crippen LogP contribution in [-0.4, -0.2) is 17.7 Å². The topological polar surface area (TPSA) is 61.4 Å². The van der Waals surface area contributed by atoms with Crippen molar-refractivity contribution in [1.82, 2.24) is 10.6 Å². The Kier molecular flexibility index (Phi) is 5.78. The third-order valence-corrected chi connectivity index (χ3v) is 4.16. The van der Waals surface area contributed by atoms with Crippen molar-refractivity contribution >= 4 is 17.4 Å². The molecule has 0 radical (unpaired) electrons. The van der Waals surface area contributed by atoms with Gasteiger partial charge in [-0.1, -0.05) is 37.3 Å². The second kappa shape index (κ2) is 7.81. The smallest absolute Gasteiger partial charge is 0.315 e. The van der Waals surface area contributed by atoms with Crippen molar-refractivity contribution in [2.45, 2.75) is 25.9 Å². The molecule has 2 aromatic rings. The normalized spacial score (nSPS) is 11.9. The van der Waals surface area contributed by atoms with Crippen molar-refractivity contribution in [3.05, 3.63) is 57.8 Å². The minimum atomic E-state index is -0.390. The van der Waals surface area contributed by atoms with Gasteiger partial charge in [0.15, 0.2) is 0 Å². The van der Waals surface area contributed by atoms with Gasteiger partial charge in [0, 0.05) is 4.88 Å². The van der Waals surface area contributed by atoms with Crippen molar-refractivity contribution in [2.75, 3.05) is 6.61 Å². The lowest BCUT2D eigenvalue weighted by atomic mass is 10.0. The van der Waals surface area contributed by atoms with E-state index in [4.69, 9.17) is 0 Å². The van der Waals surface area contributed by atoms with Crippen LogP contribution in [0.3, 0.4) is 0 Å². The van der Waals surface area contributed by atoms with Crippen LogP contribution in [0.5, 0.6) is 0 Å². The molecule has 4 nitrogen and oxygen atoms in total. The molecule has 0 bridgehead atoms. The summed E-state index contributed by atoms with van der Waals surface area (Å²) in [5.74, 6) is 0. The minimum Gasteiger partial charge on any atom is -0.394 e. The molecule has 2 amide bonds. The monoisotopic (exact) mass is 304 g/mol. The van der Waals surface area contributed by atoms with Crippen LogP contribution in [-0.2, 0) is 13.0 Å². The molecule has 21 heavy (non-hydrogen) atoms. The highest BCUT2D eigenvalue weighted by molar-refractivity contribution is 7.09. The fourth-order valence-electron chi connectivity index (χ4n) is 2.01. The number of thiophene rings is 1. The van der Waals surface area contributed by atoms with E-state index < -0.39 is 0 Å². The number of aliphatic hydroxyl groups excluding tert-OH is 1. The van der Waals surface area contributed by atoms with E-state index in [1.165, 1.54) is 5.56 Å². The van der Waals surface area contributed by atoms with Gasteiger partial charge < -0.3 is 15.7 Å². The molecule has 1 unspecified atom stereocenters. The van der Waals surface area contributed by atoms with Gasteiger partial charge in [-0.05, 0) is 29.0 Å². The first-order chi connectivity index (χ1) is 10.2. The predicted molar refractivity (Wildman–Crippen MR) is 85.3 cm³/mol. The highest BCUT2D eigenvalue weighted by Crippen LogP contribution is 2.14. The zero-order valence-corrected chi connectivity index (χ0v) is 12.8. The molecule has 1 aromatic heterocycles. The Labute approximate surface area is 128 Å². The summed E-state index contributed by atoms with van der Waals surface area (Å²) in [6.45, 7) is 2.46. The minimum absolute atomic E-state index is 0.127. The van der Waals surface area contributed by atoms with Crippen molar-refractivity contribution in [2.24, 2.45) is 0 Å². The number of hydrogen-bond donors (Lipinski definition) is 3. The van der Waals surface area contributed by atoms with Crippen LogP contribution >= 0.6 is 11.3 Å². The number of hydrogen-bond acceptors (Lipinski definition) is 3. The van der Waals surface area contributed by atoms with E-state index in [0.717, 1.165) is 16.9 Å². The van der Waals surface area contributed by atoms with Crippen LogP contribution < -0.4 is 10.6 Å². The lowest BCUT2D eigenvalue weighted by molar-refractivity contribution is 0.216. The quantitative estimate of drug-likeness (QED) is 0.768. The van der Waals surface area contributed by atoms with E-state index in [2.05, 4.69) is 17.6 Å². The summed E-state index contributed by atoms with van der Waals surface area (Å²) >= 11 is 1.60. The summed E-state index contributed by atoms with van der Waals surface area (Å²) in [7, 11) is 0. The Morgan fingerprint density at radius 3 is 2.62 bits per heavy atom. The van der Waals surface area contributed by atoms with Gasteiger partial charge in [-0.2, -0.15) is 0 Å². The van der Waals surface area contributed by atoms with Gasteiger partial charge in [-0.15, -0.1) is 11.3 Å². The van der Waals surface area contributed by atoms with Gasteiger partial charge in [0.2, 0.25) is 0 Å². The molecule has 1 aromatic carbocycles. The third-order valence-electron chi connectivity index (χ3n) is 3.28. The average molecular weight is 304 g/mol. The summed E-state index contributed by atoms with van der Waals surface area (Å²) in [5.41, 5.74) is 2.14. The first kappa shape index (κ1) is 15.5. The van der Waals surface area contributed by atoms with Gasteiger partial charge in [-0.25, -0.2) is 4.79 Å². The summed E-state index contributed by atoms with van der Waals surface area (Å²) in [4.78, 5) is 13.0. The van der Waals surface area contributed by atoms with Crippen LogP contribution in [0.15, 0.2) is 41.8 Å². The molecule has 0 saturated carbocycles. The number of carbonyl (C=O) groups excluding carboxylic acids is 1. The second-order valence-electron chi connectivity index (χ2n) is 4.74. The molecular weight excluding hydrogens is 284 g/mol. The Hall–Kier alpha value is -1.85. The number of carbonyl (C=O) groups is 1. The van der Waals surface area contributed by atoms with Crippen molar-refractivity contribution in [1.29, 1.82) is 0 Å². The maximum absolute atomic E-state index is 11.9. The van der Waals surface area contributed by atoms with E-state index >= 15 is 0 Å². The lowest BCUT2D eigenvalue weighted by Gasteiger charge is -2.17. The number of urea groups is 1. The molecule has 0 fully saturated rings. The van der Waals surface area contributed by atoms with Crippen LogP contribution in [0.1, 0.15) is 29.0 Å². The first-order valence-corrected chi connectivity index (χ1v) is 7.87. The fourth-order valence-corrected chi connectivity index (χ4v) is 2.65. The Morgan fingerprint density at radius 1 is 1.29 bits per heavy atom. The number of aliphatic hydroxyl groups is 1. The predicted octanol–water partition coefficient (Wildman–Crippen LogP) is 2.84. The van der Waals surface area contributed by atoms with Crippen LogP contribution in [0.2, 0.25) is 0 Å². The average Bonchev–Trinajstić information content (AvgIpc) is 3.04. The van der Waals surface area contributed by atoms with Gasteiger partial charge in [0.1, 0.15) is 0 Å². The molecule has 1 heterocycles. The van der Waals surface area contributed by atoms with Gasteiger partial charge in [-0.3, -0.25) is 0 Å². The second-order valence-corrected chi connectivity index (χ2v) is 5.77. The largest absolute Gasteiger partial charge is 0.394 e. The van der Waals surface area contributed by atoms with Gasteiger partial charge in [0.25, 0.3) is 0 Å². The molecule has 0 aliphatic heterocycles. The number of nitrogens with one attached hydrogen (secondary N) is 2. The Morgan fingerprint density at radius 2 is 2.05 bits per heavy atom. The highest BCUT2D eigenvalue weighted by atomic mass is 32.1. The van der Waals surface area contributed by atoms with Gasteiger partial charge >= 0.3 is 6.03 Å². The fraction of sp³-hybridized carbons (Fsp3) is 0.312. The molecule has 2 rings (SSSR count). The van der Waals surface area contributed by atoms with E-state index in [0.29, 0.717) is 6.54 Å². The van der Waals surface area contributed by atoms with Crippen molar-refractivity contribution < 1.29 is 9.90 Å². The zero-order chi connectivity index (χ0) is 15.1.